The van der Waals surface area contributed by atoms with Gasteiger partial charge in [0.15, 0.2) is 11.5 Å². The van der Waals surface area contributed by atoms with Gasteiger partial charge in [-0.3, -0.25) is 0 Å². The maximum Gasteiger partial charge on any atom is 0.168 e. The van der Waals surface area contributed by atoms with Gasteiger partial charge in [-0.2, -0.15) is 0 Å². The monoisotopic (exact) mass is 342 g/mol. The third kappa shape index (κ3) is 3.14. The smallest absolute Gasteiger partial charge is 0.168 e. The van der Waals surface area contributed by atoms with Gasteiger partial charge in [-0.1, -0.05) is 29.3 Å². The van der Waals surface area contributed by atoms with Gasteiger partial charge in [0.1, 0.15) is 18.5 Å². The van der Waals surface area contributed by atoms with E-state index in [9.17, 15) is 4.39 Å². The molecule has 22 heavy (non-hydrogen) atoms. The molecule has 0 aliphatic carbocycles. The molecule has 0 aromatic heterocycles. The Balaban J connectivity index is 2.09. The van der Waals surface area contributed by atoms with E-state index in [-0.39, 0.29) is 6.10 Å². The molecule has 0 bridgehead atoms. The average Bonchev–Trinajstić information content (AvgIpc) is 3.29. The summed E-state index contributed by atoms with van der Waals surface area (Å²) in [6.07, 6.45) is 0.0559. The summed E-state index contributed by atoms with van der Waals surface area (Å²) in [6, 6.07) is 7.70. The van der Waals surface area contributed by atoms with Crippen LogP contribution in [0.15, 0.2) is 30.3 Å². The summed E-state index contributed by atoms with van der Waals surface area (Å²) in [5.74, 6) is 0.222. The van der Waals surface area contributed by atoms with Crippen LogP contribution in [0.2, 0.25) is 10.0 Å². The number of benzene rings is 2. The highest BCUT2D eigenvalue weighted by Crippen LogP contribution is 2.44. The fraction of sp³-hybridized carbons (Fsp3) is 0.250. The summed E-state index contributed by atoms with van der Waals surface area (Å²) in [5.41, 5.74) is 0.958. The first-order valence-corrected chi connectivity index (χ1v) is 7.42. The zero-order valence-corrected chi connectivity index (χ0v) is 13.2. The molecule has 3 nitrogen and oxygen atoms in total. The maximum atomic E-state index is 14.0. The van der Waals surface area contributed by atoms with Gasteiger partial charge >= 0.3 is 0 Å². The summed E-state index contributed by atoms with van der Waals surface area (Å²) in [5, 5.41) is 0.820. The largest absolute Gasteiger partial charge is 0.492 e. The summed E-state index contributed by atoms with van der Waals surface area (Å²) in [4.78, 5) is 0. The van der Waals surface area contributed by atoms with Crippen molar-refractivity contribution in [3.8, 4) is 22.6 Å². The van der Waals surface area contributed by atoms with Crippen LogP contribution in [0, 0.1) is 5.82 Å². The topological polar surface area (TPSA) is 31.0 Å². The minimum atomic E-state index is -0.460. The highest BCUT2D eigenvalue weighted by molar-refractivity contribution is 6.39. The molecule has 0 saturated carbocycles. The van der Waals surface area contributed by atoms with Gasteiger partial charge in [0.05, 0.1) is 23.8 Å². The van der Waals surface area contributed by atoms with Crippen molar-refractivity contribution < 1.29 is 18.6 Å². The van der Waals surface area contributed by atoms with Crippen molar-refractivity contribution in [1.82, 2.24) is 0 Å². The van der Waals surface area contributed by atoms with Crippen LogP contribution in [0.1, 0.15) is 0 Å². The molecule has 116 valence electrons. The number of rotatable bonds is 5. The first kappa shape index (κ1) is 15.4. The molecule has 1 fully saturated rings. The van der Waals surface area contributed by atoms with E-state index < -0.39 is 5.82 Å². The van der Waals surface area contributed by atoms with Gasteiger partial charge < -0.3 is 14.2 Å². The van der Waals surface area contributed by atoms with Crippen LogP contribution in [0.5, 0.6) is 11.5 Å². The Morgan fingerprint density at radius 1 is 1.27 bits per heavy atom. The van der Waals surface area contributed by atoms with Crippen LogP contribution in [0.4, 0.5) is 4.39 Å². The number of hydrogen-bond acceptors (Lipinski definition) is 3. The summed E-state index contributed by atoms with van der Waals surface area (Å²) in [6.45, 7) is 0.996. The van der Waals surface area contributed by atoms with Gasteiger partial charge in [-0.25, -0.2) is 4.39 Å². The lowest BCUT2D eigenvalue weighted by molar-refractivity contribution is 0.251. The van der Waals surface area contributed by atoms with E-state index in [2.05, 4.69) is 0 Å². The Morgan fingerprint density at radius 3 is 2.55 bits per heavy atom. The number of methoxy groups -OCH3 is 1. The Kier molecular flexibility index (Phi) is 4.43. The molecule has 6 heteroatoms. The molecular formula is C16H13Cl2FO3. The molecule has 1 aliphatic heterocycles. The summed E-state index contributed by atoms with van der Waals surface area (Å²) in [7, 11) is 1.49. The third-order valence-electron chi connectivity index (χ3n) is 3.28. The molecule has 0 N–H and O–H groups in total. The Hall–Kier alpha value is -1.49. The van der Waals surface area contributed by atoms with Crippen LogP contribution in [-0.4, -0.2) is 26.4 Å². The average molecular weight is 343 g/mol. The zero-order chi connectivity index (χ0) is 15.7. The second-order valence-corrected chi connectivity index (χ2v) is 5.66. The molecule has 2 aromatic carbocycles. The highest BCUT2D eigenvalue weighted by atomic mass is 35.5. The number of halogens is 3. The van der Waals surface area contributed by atoms with Gasteiger partial charge in [-0.15, -0.1) is 0 Å². The van der Waals surface area contributed by atoms with Gasteiger partial charge in [0.25, 0.3) is 0 Å². The second kappa shape index (κ2) is 6.32. The molecule has 0 radical (unpaired) electrons. The van der Waals surface area contributed by atoms with Crippen LogP contribution in [0.25, 0.3) is 11.1 Å². The molecule has 3 rings (SSSR count). The lowest BCUT2D eigenvalue weighted by atomic mass is 10.0. The van der Waals surface area contributed by atoms with Crippen molar-refractivity contribution >= 4 is 23.2 Å². The van der Waals surface area contributed by atoms with Crippen LogP contribution in [0.3, 0.4) is 0 Å². The standard InChI is InChI=1S/C16H13Cl2FO3/c1-20-16-11(15-12(17)3-2-4-13(15)18)5-9(19)6-14(16)22-8-10-7-21-10/h2-6,10H,7-8H2,1H3. The van der Waals surface area contributed by atoms with Gasteiger partial charge in [0, 0.05) is 17.2 Å². The van der Waals surface area contributed by atoms with E-state index in [4.69, 9.17) is 37.4 Å². The third-order valence-corrected chi connectivity index (χ3v) is 3.91. The molecule has 1 atom stereocenters. The predicted molar refractivity (Wildman–Crippen MR) is 83.6 cm³/mol. The molecule has 0 spiro atoms. The highest BCUT2D eigenvalue weighted by Gasteiger charge is 2.25. The molecule has 1 unspecified atom stereocenters. The zero-order valence-electron chi connectivity index (χ0n) is 11.7. The van der Waals surface area contributed by atoms with Crippen molar-refractivity contribution in [3.63, 3.8) is 0 Å². The summed E-state index contributed by atoms with van der Waals surface area (Å²) < 4.78 is 30.1. The fourth-order valence-electron chi connectivity index (χ4n) is 2.17. The van der Waals surface area contributed by atoms with Crippen molar-refractivity contribution in [2.45, 2.75) is 6.10 Å². The molecule has 1 heterocycles. The Labute approximate surface area is 137 Å². The molecule has 0 amide bonds. The van der Waals surface area contributed by atoms with E-state index in [1.807, 2.05) is 0 Å². The first-order valence-electron chi connectivity index (χ1n) is 6.66. The SMILES string of the molecule is COc1c(OCC2CO2)cc(F)cc1-c1c(Cl)cccc1Cl. The molecular weight excluding hydrogens is 330 g/mol. The maximum absolute atomic E-state index is 14.0. The molecule has 1 aliphatic rings. The lowest BCUT2D eigenvalue weighted by Crippen LogP contribution is -2.06. The minimum Gasteiger partial charge on any atom is -0.492 e. The van der Waals surface area contributed by atoms with Crippen molar-refractivity contribution in [1.29, 1.82) is 0 Å². The molecule has 2 aromatic rings. The second-order valence-electron chi connectivity index (χ2n) is 4.85. The van der Waals surface area contributed by atoms with E-state index in [0.29, 0.717) is 45.9 Å². The molecule has 1 saturated heterocycles. The quantitative estimate of drug-likeness (QED) is 0.745. The normalized spacial score (nSPS) is 16.5. The van der Waals surface area contributed by atoms with Gasteiger partial charge in [-0.05, 0) is 18.2 Å². The van der Waals surface area contributed by atoms with Crippen molar-refractivity contribution in [2.75, 3.05) is 20.3 Å². The number of epoxide rings is 1. The van der Waals surface area contributed by atoms with Crippen molar-refractivity contribution in [2.24, 2.45) is 0 Å². The first-order chi connectivity index (χ1) is 10.6. The van der Waals surface area contributed by atoms with Crippen LogP contribution < -0.4 is 9.47 Å². The summed E-state index contributed by atoms with van der Waals surface area (Å²) >= 11 is 12.4. The number of hydrogen-bond donors (Lipinski definition) is 0. The lowest BCUT2D eigenvalue weighted by Gasteiger charge is -2.16. The number of ether oxygens (including phenoxy) is 3. The fourth-order valence-corrected chi connectivity index (χ4v) is 2.78. The van der Waals surface area contributed by atoms with E-state index in [1.54, 1.807) is 18.2 Å². The van der Waals surface area contributed by atoms with Crippen LogP contribution >= 0.6 is 23.2 Å². The Morgan fingerprint density at radius 2 is 1.95 bits per heavy atom. The minimum absolute atomic E-state index is 0.0559. The van der Waals surface area contributed by atoms with E-state index in [1.165, 1.54) is 19.2 Å². The van der Waals surface area contributed by atoms with E-state index >= 15 is 0 Å². The predicted octanol–water partition coefficient (Wildman–Crippen LogP) is 4.59. The van der Waals surface area contributed by atoms with Crippen molar-refractivity contribution in [3.05, 3.63) is 46.2 Å². The van der Waals surface area contributed by atoms with Gasteiger partial charge in [0.2, 0.25) is 0 Å². The Bertz CT molecular complexity index is 682. The van der Waals surface area contributed by atoms with Crippen LogP contribution in [-0.2, 0) is 4.74 Å². The van der Waals surface area contributed by atoms with E-state index in [0.717, 1.165) is 0 Å².